The van der Waals surface area contributed by atoms with E-state index >= 15 is 0 Å². The van der Waals surface area contributed by atoms with Gasteiger partial charge in [-0.25, -0.2) is 0 Å². The van der Waals surface area contributed by atoms with E-state index in [1.54, 1.807) is 4.90 Å². The molecule has 3 heteroatoms. The van der Waals surface area contributed by atoms with Crippen LogP contribution in [-0.2, 0) is 4.79 Å². The topological polar surface area (TPSA) is 37.4 Å². The van der Waals surface area contributed by atoms with Crippen LogP contribution in [0.4, 0.5) is 0 Å². The Balaban J connectivity index is 2.23. The summed E-state index contributed by atoms with van der Waals surface area (Å²) in [4.78, 5) is 25.9. The molecule has 19 heavy (non-hydrogen) atoms. The Bertz CT molecular complexity index is 500. The van der Waals surface area contributed by atoms with Crippen LogP contribution in [0.25, 0.3) is 0 Å². The maximum atomic E-state index is 12.5. The van der Waals surface area contributed by atoms with Crippen molar-refractivity contribution in [3.8, 4) is 0 Å². The minimum Gasteiger partial charge on any atom is -0.326 e. The zero-order valence-corrected chi connectivity index (χ0v) is 12.1. The molecule has 102 valence electrons. The molecule has 1 heterocycles. The number of ketones is 1. The number of rotatable bonds is 2. The van der Waals surface area contributed by atoms with Crippen LogP contribution in [0, 0.1) is 0 Å². The molecule has 1 amide bonds. The van der Waals surface area contributed by atoms with Crippen molar-refractivity contribution in [2.24, 2.45) is 0 Å². The lowest BCUT2D eigenvalue weighted by molar-refractivity contribution is -0.123. The third kappa shape index (κ3) is 2.42. The Morgan fingerprint density at radius 3 is 2.21 bits per heavy atom. The van der Waals surface area contributed by atoms with Gasteiger partial charge in [-0.15, -0.1) is 0 Å². The van der Waals surface area contributed by atoms with E-state index in [0.29, 0.717) is 24.4 Å². The lowest BCUT2D eigenvalue weighted by Crippen LogP contribution is -2.46. The molecule has 2 rings (SSSR count). The predicted molar refractivity (Wildman–Crippen MR) is 75.3 cm³/mol. The lowest BCUT2D eigenvalue weighted by atomic mass is 9.98. The van der Waals surface area contributed by atoms with Gasteiger partial charge in [0, 0.05) is 18.5 Å². The molecule has 1 aliphatic heterocycles. The van der Waals surface area contributed by atoms with Crippen LogP contribution < -0.4 is 0 Å². The summed E-state index contributed by atoms with van der Waals surface area (Å²) in [6.45, 7) is 8.42. The summed E-state index contributed by atoms with van der Waals surface area (Å²) in [5, 5.41) is 0. The van der Waals surface area contributed by atoms with Crippen molar-refractivity contribution in [1.29, 1.82) is 0 Å². The molecule has 0 spiro atoms. The SMILES string of the molecule is CC(C)c1ccc(C(=O)N2CCC(=O)C2(C)C)cc1. The summed E-state index contributed by atoms with van der Waals surface area (Å²) in [6, 6.07) is 7.69. The molecule has 0 radical (unpaired) electrons. The van der Waals surface area contributed by atoms with Gasteiger partial charge >= 0.3 is 0 Å². The molecule has 1 aromatic rings. The monoisotopic (exact) mass is 259 g/mol. The zero-order chi connectivity index (χ0) is 14.2. The highest BCUT2D eigenvalue weighted by atomic mass is 16.2. The standard InChI is InChI=1S/C16H21NO2/c1-11(2)12-5-7-13(8-6-12)15(19)17-10-9-14(18)16(17,3)4/h5-8,11H,9-10H2,1-4H3. The number of carbonyl (C=O) groups excluding carboxylic acids is 2. The number of hydrogen-bond donors (Lipinski definition) is 0. The molecule has 0 N–H and O–H groups in total. The molecule has 1 aromatic carbocycles. The number of nitrogens with zero attached hydrogens (tertiary/aromatic N) is 1. The van der Waals surface area contributed by atoms with Gasteiger partial charge in [0.1, 0.15) is 0 Å². The minimum absolute atomic E-state index is 0.0499. The third-order valence-corrected chi connectivity index (χ3v) is 3.99. The Morgan fingerprint density at radius 2 is 1.79 bits per heavy atom. The molecule has 0 bridgehead atoms. The molecule has 0 saturated carbocycles. The van der Waals surface area contributed by atoms with Crippen molar-refractivity contribution < 1.29 is 9.59 Å². The number of benzene rings is 1. The number of carbonyl (C=O) groups is 2. The van der Waals surface area contributed by atoms with Gasteiger partial charge in [0.15, 0.2) is 5.78 Å². The first-order valence-electron chi connectivity index (χ1n) is 6.79. The average Bonchev–Trinajstić information content (AvgIpc) is 2.63. The first-order chi connectivity index (χ1) is 8.84. The highest BCUT2D eigenvalue weighted by Crippen LogP contribution is 2.27. The number of hydrogen-bond acceptors (Lipinski definition) is 2. The van der Waals surface area contributed by atoms with Crippen LogP contribution in [0.3, 0.4) is 0 Å². The molecule has 0 unspecified atom stereocenters. The molecule has 1 fully saturated rings. The normalized spacial score (nSPS) is 18.2. The van der Waals surface area contributed by atoms with Gasteiger partial charge in [-0.3, -0.25) is 9.59 Å². The van der Waals surface area contributed by atoms with Crippen LogP contribution >= 0.6 is 0 Å². The number of amides is 1. The molecule has 0 aliphatic carbocycles. The summed E-state index contributed by atoms with van der Waals surface area (Å²) in [7, 11) is 0. The van der Waals surface area contributed by atoms with Crippen LogP contribution in [0.5, 0.6) is 0 Å². The van der Waals surface area contributed by atoms with Crippen LogP contribution in [0.15, 0.2) is 24.3 Å². The predicted octanol–water partition coefficient (Wildman–Crippen LogP) is 3.00. The molecule has 0 aromatic heterocycles. The third-order valence-electron chi connectivity index (χ3n) is 3.99. The summed E-state index contributed by atoms with van der Waals surface area (Å²) < 4.78 is 0. The van der Waals surface area contributed by atoms with E-state index < -0.39 is 5.54 Å². The Hall–Kier alpha value is -1.64. The second kappa shape index (κ2) is 4.80. The lowest BCUT2D eigenvalue weighted by Gasteiger charge is -2.30. The van der Waals surface area contributed by atoms with E-state index in [-0.39, 0.29) is 11.7 Å². The van der Waals surface area contributed by atoms with Gasteiger partial charge in [-0.2, -0.15) is 0 Å². The first-order valence-corrected chi connectivity index (χ1v) is 6.79. The molecule has 1 saturated heterocycles. The second-order valence-corrected chi connectivity index (χ2v) is 5.97. The molecular formula is C16H21NO2. The average molecular weight is 259 g/mol. The van der Waals surface area contributed by atoms with Crippen molar-refractivity contribution in [2.45, 2.75) is 45.6 Å². The van der Waals surface area contributed by atoms with Crippen molar-refractivity contribution in [3.63, 3.8) is 0 Å². The molecular weight excluding hydrogens is 238 g/mol. The molecule has 0 atom stereocenters. The first kappa shape index (κ1) is 13.8. The highest BCUT2D eigenvalue weighted by Gasteiger charge is 2.42. The van der Waals surface area contributed by atoms with Gasteiger partial charge in [-0.05, 0) is 37.5 Å². The zero-order valence-electron chi connectivity index (χ0n) is 12.1. The quantitative estimate of drug-likeness (QED) is 0.818. The van der Waals surface area contributed by atoms with Gasteiger partial charge in [-0.1, -0.05) is 26.0 Å². The maximum Gasteiger partial charge on any atom is 0.254 e. The van der Waals surface area contributed by atoms with E-state index in [0.717, 1.165) is 0 Å². The summed E-state index contributed by atoms with van der Waals surface area (Å²) in [5.74, 6) is 0.541. The summed E-state index contributed by atoms with van der Waals surface area (Å²) in [6.07, 6.45) is 0.461. The van der Waals surface area contributed by atoms with Crippen LogP contribution in [0.1, 0.15) is 56.0 Å². The van der Waals surface area contributed by atoms with E-state index in [1.165, 1.54) is 5.56 Å². The van der Waals surface area contributed by atoms with Gasteiger partial charge in [0.05, 0.1) is 5.54 Å². The highest BCUT2D eigenvalue weighted by molar-refractivity contribution is 6.01. The number of Topliss-reactive ketones (excluding diaryl/α,β-unsaturated/α-hetero) is 1. The van der Waals surface area contributed by atoms with Crippen molar-refractivity contribution in [2.75, 3.05) is 6.54 Å². The maximum absolute atomic E-state index is 12.5. The largest absolute Gasteiger partial charge is 0.326 e. The van der Waals surface area contributed by atoms with E-state index in [2.05, 4.69) is 13.8 Å². The summed E-state index contributed by atoms with van der Waals surface area (Å²) >= 11 is 0. The Morgan fingerprint density at radius 1 is 1.21 bits per heavy atom. The van der Waals surface area contributed by atoms with Gasteiger partial charge in [0.25, 0.3) is 5.91 Å². The van der Waals surface area contributed by atoms with Crippen molar-refractivity contribution in [1.82, 2.24) is 4.90 Å². The van der Waals surface area contributed by atoms with E-state index in [1.807, 2.05) is 38.1 Å². The van der Waals surface area contributed by atoms with Crippen LogP contribution in [-0.4, -0.2) is 28.7 Å². The fourth-order valence-electron chi connectivity index (χ4n) is 2.47. The van der Waals surface area contributed by atoms with Gasteiger partial charge < -0.3 is 4.90 Å². The number of likely N-dealkylation sites (tertiary alicyclic amines) is 1. The second-order valence-electron chi connectivity index (χ2n) is 5.97. The summed E-state index contributed by atoms with van der Waals surface area (Å²) in [5.41, 5.74) is 1.20. The van der Waals surface area contributed by atoms with E-state index in [9.17, 15) is 9.59 Å². The van der Waals surface area contributed by atoms with Crippen molar-refractivity contribution >= 4 is 11.7 Å². The Kier molecular flexibility index (Phi) is 3.48. The fraction of sp³-hybridized carbons (Fsp3) is 0.500. The van der Waals surface area contributed by atoms with Gasteiger partial charge in [0.2, 0.25) is 0 Å². The minimum atomic E-state index is -0.673. The smallest absolute Gasteiger partial charge is 0.254 e. The molecule has 1 aliphatic rings. The Labute approximate surface area is 114 Å². The van der Waals surface area contributed by atoms with Crippen LogP contribution in [0.2, 0.25) is 0 Å². The fourth-order valence-corrected chi connectivity index (χ4v) is 2.47. The van der Waals surface area contributed by atoms with Crippen molar-refractivity contribution in [3.05, 3.63) is 35.4 Å². The molecule has 3 nitrogen and oxygen atoms in total. The van der Waals surface area contributed by atoms with E-state index in [4.69, 9.17) is 0 Å².